The van der Waals surface area contributed by atoms with Crippen LogP contribution in [0.3, 0.4) is 0 Å². The van der Waals surface area contributed by atoms with Crippen LogP contribution in [-0.2, 0) is 22.9 Å². The van der Waals surface area contributed by atoms with Gasteiger partial charge in [0.05, 0.1) is 9.79 Å². The summed E-state index contributed by atoms with van der Waals surface area (Å²) in [6, 6.07) is 9.01. The summed E-state index contributed by atoms with van der Waals surface area (Å²) in [6.45, 7) is 0.509. The first-order chi connectivity index (χ1) is 9.90. The predicted molar refractivity (Wildman–Crippen MR) is 82.9 cm³/mol. The Morgan fingerprint density at radius 3 is 1.43 bits per heavy atom. The van der Waals surface area contributed by atoms with Gasteiger partial charge < -0.3 is 22.9 Å². The van der Waals surface area contributed by atoms with E-state index in [4.69, 9.17) is 22.9 Å². The van der Waals surface area contributed by atoms with Gasteiger partial charge in [0.1, 0.15) is 0 Å². The van der Waals surface area contributed by atoms with Gasteiger partial charge in [0.25, 0.3) is 0 Å². The number of nitrogens with two attached hydrogens (primary N) is 4. The van der Waals surface area contributed by atoms with E-state index in [1.807, 2.05) is 0 Å². The lowest BCUT2D eigenvalue weighted by atomic mass is 10.2. The van der Waals surface area contributed by atoms with Gasteiger partial charge in [-0.2, -0.15) is 0 Å². The van der Waals surface area contributed by atoms with Crippen molar-refractivity contribution in [2.75, 3.05) is 11.5 Å². The third-order valence-corrected chi connectivity index (χ3v) is 5.04. The largest absolute Gasteiger partial charge is 0.398 e. The summed E-state index contributed by atoms with van der Waals surface area (Å²) in [4.78, 5) is 0.217. The Morgan fingerprint density at radius 1 is 0.762 bits per heavy atom. The second-order valence-corrected chi connectivity index (χ2v) is 6.58. The van der Waals surface area contributed by atoms with Gasteiger partial charge in [0.15, 0.2) is 0 Å². The molecule has 0 atom stereocenters. The first-order valence-corrected chi connectivity index (χ1v) is 7.80. The van der Waals surface area contributed by atoms with Crippen LogP contribution in [0.4, 0.5) is 11.4 Å². The van der Waals surface area contributed by atoms with Gasteiger partial charge >= 0.3 is 0 Å². The minimum Gasteiger partial charge on any atom is -0.398 e. The zero-order chi connectivity index (χ0) is 15.6. The van der Waals surface area contributed by atoms with Gasteiger partial charge in [0.2, 0.25) is 9.84 Å². The molecule has 0 unspecified atom stereocenters. The fourth-order valence-corrected chi connectivity index (χ4v) is 3.32. The fourth-order valence-electron chi connectivity index (χ4n) is 1.99. The van der Waals surface area contributed by atoms with Gasteiger partial charge in [-0.15, -0.1) is 0 Å². The van der Waals surface area contributed by atoms with Crippen LogP contribution in [0.2, 0.25) is 0 Å². The van der Waals surface area contributed by atoms with E-state index in [1.165, 1.54) is 24.3 Å². The lowest BCUT2D eigenvalue weighted by molar-refractivity contribution is 0.596. The van der Waals surface area contributed by atoms with Crippen LogP contribution in [0.1, 0.15) is 11.1 Å². The first kappa shape index (κ1) is 15.3. The van der Waals surface area contributed by atoms with Crippen molar-refractivity contribution in [2.45, 2.75) is 22.9 Å². The van der Waals surface area contributed by atoms with Crippen LogP contribution in [0, 0.1) is 0 Å². The average Bonchev–Trinajstić information content (AvgIpc) is 2.47. The SMILES string of the molecule is NCc1ccc(S(=O)(=O)c2ccc(CN)c(N)c2)cc1N. The topological polar surface area (TPSA) is 138 Å². The van der Waals surface area contributed by atoms with Crippen molar-refractivity contribution in [2.24, 2.45) is 11.5 Å². The Balaban J connectivity index is 2.51. The molecule has 2 aromatic carbocycles. The summed E-state index contributed by atoms with van der Waals surface area (Å²) in [6.07, 6.45) is 0. The molecule has 0 spiro atoms. The Morgan fingerprint density at radius 2 is 1.14 bits per heavy atom. The molecule has 0 heterocycles. The second kappa shape index (κ2) is 5.72. The number of sulfone groups is 1. The standard InChI is InChI=1S/C14H18N4O2S/c15-7-9-1-3-11(5-13(9)17)21(19,20)12-4-2-10(8-16)14(18)6-12/h1-6H,7-8,15-18H2. The van der Waals surface area contributed by atoms with Crippen LogP contribution in [-0.4, -0.2) is 8.42 Å². The molecule has 0 fully saturated rings. The third kappa shape index (κ3) is 2.85. The summed E-state index contributed by atoms with van der Waals surface area (Å²) in [5.41, 5.74) is 24.7. The number of hydrogen-bond acceptors (Lipinski definition) is 6. The van der Waals surface area contributed by atoms with E-state index in [0.717, 1.165) is 0 Å². The minimum absolute atomic E-state index is 0.108. The Hall–Kier alpha value is -2.09. The lowest BCUT2D eigenvalue weighted by Gasteiger charge is -2.10. The van der Waals surface area contributed by atoms with E-state index in [9.17, 15) is 8.42 Å². The smallest absolute Gasteiger partial charge is 0.206 e. The summed E-state index contributed by atoms with van der Waals surface area (Å²) >= 11 is 0. The molecule has 0 bridgehead atoms. The van der Waals surface area contributed by atoms with Gasteiger partial charge in [0, 0.05) is 24.5 Å². The summed E-state index contributed by atoms with van der Waals surface area (Å²) in [7, 11) is -3.68. The highest BCUT2D eigenvalue weighted by molar-refractivity contribution is 7.91. The molecular weight excluding hydrogens is 288 g/mol. The average molecular weight is 306 g/mol. The molecule has 0 aromatic heterocycles. The molecule has 6 nitrogen and oxygen atoms in total. The Kier molecular flexibility index (Phi) is 4.17. The molecule has 2 rings (SSSR count). The molecular formula is C14H18N4O2S. The summed E-state index contributed by atoms with van der Waals surface area (Å²) in [5.74, 6) is 0. The highest BCUT2D eigenvalue weighted by Gasteiger charge is 2.19. The van der Waals surface area contributed by atoms with E-state index < -0.39 is 9.84 Å². The van der Waals surface area contributed by atoms with E-state index in [2.05, 4.69) is 0 Å². The second-order valence-electron chi connectivity index (χ2n) is 4.63. The maximum Gasteiger partial charge on any atom is 0.206 e. The Labute approximate surface area is 123 Å². The molecule has 0 aliphatic heterocycles. The van der Waals surface area contributed by atoms with Crippen LogP contribution in [0.15, 0.2) is 46.2 Å². The zero-order valence-corrected chi connectivity index (χ0v) is 12.2. The number of hydrogen-bond donors (Lipinski definition) is 4. The first-order valence-electron chi connectivity index (χ1n) is 6.32. The highest BCUT2D eigenvalue weighted by atomic mass is 32.2. The third-order valence-electron chi connectivity index (χ3n) is 3.30. The lowest BCUT2D eigenvalue weighted by Crippen LogP contribution is -2.08. The van der Waals surface area contributed by atoms with E-state index in [-0.39, 0.29) is 22.9 Å². The summed E-state index contributed by atoms with van der Waals surface area (Å²) < 4.78 is 25.1. The normalized spacial score (nSPS) is 11.5. The van der Waals surface area contributed by atoms with E-state index in [1.54, 1.807) is 12.1 Å². The minimum atomic E-state index is -3.68. The van der Waals surface area contributed by atoms with Crippen molar-refractivity contribution in [3.63, 3.8) is 0 Å². The number of benzene rings is 2. The molecule has 0 saturated heterocycles. The number of rotatable bonds is 4. The van der Waals surface area contributed by atoms with Crippen molar-refractivity contribution in [1.82, 2.24) is 0 Å². The van der Waals surface area contributed by atoms with Crippen molar-refractivity contribution in [1.29, 1.82) is 0 Å². The molecule has 112 valence electrons. The number of nitrogen functional groups attached to an aromatic ring is 2. The maximum atomic E-state index is 12.6. The van der Waals surface area contributed by atoms with Gasteiger partial charge in [-0.25, -0.2) is 8.42 Å². The molecule has 0 aliphatic carbocycles. The van der Waals surface area contributed by atoms with Crippen molar-refractivity contribution < 1.29 is 8.42 Å². The van der Waals surface area contributed by atoms with E-state index in [0.29, 0.717) is 22.5 Å². The molecule has 21 heavy (non-hydrogen) atoms. The van der Waals surface area contributed by atoms with E-state index >= 15 is 0 Å². The zero-order valence-electron chi connectivity index (χ0n) is 11.4. The molecule has 0 amide bonds. The van der Waals surface area contributed by atoms with Gasteiger partial charge in [-0.1, -0.05) is 12.1 Å². The van der Waals surface area contributed by atoms with Gasteiger partial charge in [-0.05, 0) is 35.4 Å². The Bertz CT molecular complexity index is 713. The van der Waals surface area contributed by atoms with Crippen LogP contribution < -0.4 is 22.9 Å². The molecule has 0 aliphatic rings. The highest BCUT2D eigenvalue weighted by Crippen LogP contribution is 2.26. The van der Waals surface area contributed by atoms with Crippen LogP contribution in [0.25, 0.3) is 0 Å². The monoisotopic (exact) mass is 306 g/mol. The molecule has 7 heteroatoms. The van der Waals surface area contributed by atoms with Crippen LogP contribution >= 0.6 is 0 Å². The fraction of sp³-hybridized carbons (Fsp3) is 0.143. The van der Waals surface area contributed by atoms with Crippen molar-refractivity contribution >= 4 is 21.2 Å². The molecule has 0 saturated carbocycles. The molecule has 2 aromatic rings. The van der Waals surface area contributed by atoms with Gasteiger partial charge in [-0.3, -0.25) is 0 Å². The molecule has 0 radical (unpaired) electrons. The predicted octanol–water partition coefficient (Wildman–Crippen LogP) is 0.601. The maximum absolute atomic E-state index is 12.6. The van der Waals surface area contributed by atoms with Crippen molar-refractivity contribution in [3.8, 4) is 0 Å². The van der Waals surface area contributed by atoms with Crippen LogP contribution in [0.5, 0.6) is 0 Å². The molecule has 8 N–H and O–H groups in total. The van der Waals surface area contributed by atoms with Crippen molar-refractivity contribution in [3.05, 3.63) is 47.5 Å². The number of anilines is 2. The summed E-state index contributed by atoms with van der Waals surface area (Å²) in [5, 5.41) is 0. The quantitative estimate of drug-likeness (QED) is 0.610.